The molecular weight excluding hydrogens is 566 g/mol. The molecule has 0 spiro atoms. The van der Waals surface area contributed by atoms with Gasteiger partial charge in [-0.3, -0.25) is 9.69 Å². The first-order chi connectivity index (χ1) is 19.8. The van der Waals surface area contributed by atoms with Crippen molar-refractivity contribution in [3.05, 3.63) is 100 Å². The molecule has 1 heterocycles. The quantitative estimate of drug-likeness (QED) is 0.245. The normalized spacial score (nSPS) is 16.3. The summed E-state index contributed by atoms with van der Waals surface area (Å²) in [6.07, 6.45) is -10.1. The molecule has 1 atom stereocenters. The fraction of sp³-hybridized carbons (Fsp3) is 0.333. The van der Waals surface area contributed by atoms with Crippen LogP contribution in [0.2, 0.25) is 0 Å². The maximum atomic E-state index is 13.7. The predicted molar refractivity (Wildman–Crippen MR) is 141 cm³/mol. The lowest BCUT2D eigenvalue weighted by molar-refractivity contribution is -0.143. The van der Waals surface area contributed by atoms with E-state index in [2.05, 4.69) is 0 Å². The monoisotopic (exact) mass is 594 g/mol. The van der Waals surface area contributed by atoms with Gasteiger partial charge in [-0.25, -0.2) is 4.79 Å². The van der Waals surface area contributed by atoms with Crippen LogP contribution in [0.3, 0.4) is 0 Å². The molecule has 6 nitrogen and oxygen atoms in total. The molecule has 42 heavy (non-hydrogen) atoms. The van der Waals surface area contributed by atoms with Crippen LogP contribution in [-0.2, 0) is 30.1 Å². The largest absolute Gasteiger partial charge is 0.496 e. The van der Waals surface area contributed by atoms with Gasteiger partial charge in [-0.05, 0) is 41.8 Å². The Bertz CT molecular complexity index is 1390. The molecule has 0 aliphatic carbocycles. The van der Waals surface area contributed by atoms with E-state index in [-0.39, 0.29) is 36.9 Å². The lowest BCUT2D eigenvalue weighted by Gasteiger charge is -2.42. The number of hydrogen-bond acceptors (Lipinski definition) is 5. The van der Waals surface area contributed by atoms with E-state index in [1.54, 1.807) is 12.1 Å². The number of piperazine rings is 1. The summed E-state index contributed by atoms with van der Waals surface area (Å²) in [6.45, 7) is 1.16. The molecule has 1 amide bonds. The van der Waals surface area contributed by atoms with Crippen LogP contribution in [-0.4, -0.2) is 61.6 Å². The Balaban J connectivity index is 1.73. The molecule has 0 unspecified atom stereocenters. The Kier molecular flexibility index (Phi) is 9.15. The molecule has 1 saturated heterocycles. The summed E-state index contributed by atoms with van der Waals surface area (Å²) in [7, 11) is 2.57. The zero-order valence-electron chi connectivity index (χ0n) is 22.8. The number of rotatable bonds is 7. The summed E-state index contributed by atoms with van der Waals surface area (Å²) >= 11 is 0. The average Bonchev–Trinajstić information content (AvgIpc) is 2.96. The molecule has 0 N–H and O–H groups in total. The summed E-state index contributed by atoms with van der Waals surface area (Å²) in [4.78, 5) is 29.3. The first-order valence-electron chi connectivity index (χ1n) is 12.9. The summed E-state index contributed by atoms with van der Waals surface area (Å²) < 4.78 is 91.5. The van der Waals surface area contributed by atoms with Crippen LogP contribution in [0.15, 0.2) is 66.7 Å². The number of hydrogen-bond donors (Lipinski definition) is 0. The van der Waals surface area contributed by atoms with Gasteiger partial charge in [0, 0.05) is 37.8 Å². The minimum atomic E-state index is -5.09. The smallest absolute Gasteiger partial charge is 0.416 e. The number of methoxy groups -OCH3 is 2. The zero-order valence-corrected chi connectivity index (χ0v) is 22.8. The van der Waals surface area contributed by atoms with E-state index in [0.29, 0.717) is 30.8 Å². The van der Waals surface area contributed by atoms with Gasteiger partial charge in [-0.2, -0.15) is 26.3 Å². The molecule has 0 saturated carbocycles. The third kappa shape index (κ3) is 7.04. The van der Waals surface area contributed by atoms with Gasteiger partial charge < -0.3 is 14.4 Å². The second-order valence-corrected chi connectivity index (χ2v) is 9.86. The third-order valence-corrected chi connectivity index (χ3v) is 7.07. The lowest BCUT2D eigenvalue weighted by atomic mass is 9.97. The van der Waals surface area contributed by atoms with Gasteiger partial charge in [-0.1, -0.05) is 42.5 Å². The maximum Gasteiger partial charge on any atom is 0.416 e. The second-order valence-electron chi connectivity index (χ2n) is 9.86. The van der Waals surface area contributed by atoms with Crippen LogP contribution in [0.1, 0.15) is 43.0 Å². The molecule has 0 bridgehead atoms. The van der Waals surface area contributed by atoms with E-state index in [9.17, 15) is 35.9 Å². The number of para-hydroxylation sites is 1. The standard InChI is InChI=1S/C30H28F6N2O4/c1-41-26-20(9-6-10-25(26)28(40)42-2)15-24-18-37(17-19-7-4-3-5-8-19)11-12-38(24)27(39)21-13-22(29(31,32)33)16-23(14-21)30(34,35)36/h3-10,13-14,16,24H,11-12,15,17-18H2,1-2H3/t24-/m1/s1. The molecule has 4 rings (SSSR count). The second kappa shape index (κ2) is 12.4. The number of carbonyl (C=O) groups is 2. The number of ether oxygens (including phenoxy) is 2. The number of carbonyl (C=O) groups excluding carboxylic acids is 2. The highest BCUT2D eigenvalue weighted by Gasteiger charge is 2.39. The molecule has 3 aromatic carbocycles. The molecule has 1 aliphatic rings. The van der Waals surface area contributed by atoms with Crippen molar-refractivity contribution >= 4 is 11.9 Å². The highest BCUT2D eigenvalue weighted by molar-refractivity contribution is 5.95. The first kappa shape index (κ1) is 30.9. The number of alkyl halides is 6. The van der Waals surface area contributed by atoms with Crippen LogP contribution >= 0.6 is 0 Å². The van der Waals surface area contributed by atoms with E-state index in [4.69, 9.17) is 9.47 Å². The Morgan fingerprint density at radius 3 is 2.07 bits per heavy atom. The minimum absolute atomic E-state index is 0.00473. The Morgan fingerprint density at radius 1 is 0.857 bits per heavy atom. The van der Waals surface area contributed by atoms with Gasteiger partial charge in [0.15, 0.2) is 0 Å². The van der Waals surface area contributed by atoms with Crippen molar-refractivity contribution in [3.63, 3.8) is 0 Å². The van der Waals surface area contributed by atoms with Gasteiger partial charge >= 0.3 is 18.3 Å². The Labute approximate surface area is 238 Å². The van der Waals surface area contributed by atoms with Crippen LogP contribution in [0, 0.1) is 0 Å². The van der Waals surface area contributed by atoms with Crippen molar-refractivity contribution in [3.8, 4) is 5.75 Å². The van der Waals surface area contributed by atoms with Crippen molar-refractivity contribution in [2.45, 2.75) is 31.4 Å². The van der Waals surface area contributed by atoms with Gasteiger partial charge in [0.2, 0.25) is 0 Å². The lowest BCUT2D eigenvalue weighted by Crippen LogP contribution is -2.55. The molecule has 224 valence electrons. The molecule has 0 aromatic heterocycles. The summed E-state index contributed by atoms with van der Waals surface area (Å²) in [6, 6.07) is 14.5. The van der Waals surface area contributed by atoms with Gasteiger partial charge in [0.05, 0.1) is 25.3 Å². The van der Waals surface area contributed by atoms with Crippen LogP contribution < -0.4 is 4.74 Å². The number of amides is 1. The highest BCUT2D eigenvalue weighted by Crippen LogP contribution is 2.37. The van der Waals surface area contributed by atoms with E-state index in [1.807, 2.05) is 35.2 Å². The van der Waals surface area contributed by atoms with E-state index < -0.39 is 47.0 Å². The summed E-state index contributed by atoms with van der Waals surface area (Å²) in [5.74, 6) is -1.41. The Morgan fingerprint density at radius 2 is 1.50 bits per heavy atom. The first-order valence-corrected chi connectivity index (χ1v) is 12.9. The zero-order chi connectivity index (χ0) is 30.7. The highest BCUT2D eigenvalue weighted by atomic mass is 19.4. The van der Waals surface area contributed by atoms with Gasteiger partial charge in [-0.15, -0.1) is 0 Å². The summed E-state index contributed by atoms with van der Waals surface area (Å²) in [5, 5.41) is 0. The van der Waals surface area contributed by atoms with E-state index in [0.717, 1.165) is 5.56 Å². The molecular formula is C30H28F6N2O4. The topological polar surface area (TPSA) is 59.1 Å². The van der Waals surface area contributed by atoms with Crippen molar-refractivity contribution in [2.24, 2.45) is 0 Å². The molecule has 1 fully saturated rings. The molecule has 3 aromatic rings. The van der Waals surface area contributed by atoms with Gasteiger partial charge in [0.1, 0.15) is 11.3 Å². The molecule has 12 heteroatoms. The van der Waals surface area contributed by atoms with E-state index in [1.165, 1.54) is 25.2 Å². The van der Waals surface area contributed by atoms with Crippen LogP contribution in [0.4, 0.5) is 26.3 Å². The number of benzene rings is 3. The fourth-order valence-electron chi connectivity index (χ4n) is 5.10. The van der Waals surface area contributed by atoms with Crippen LogP contribution in [0.25, 0.3) is 0 Å². The Hall–Kier alpha value is -4.06. The number of esters is 1. The van der Waals surface area contributed by atoms with Crippen molar-refractivity contribution in [1.29, 1.82) is 0 Å². The summed E-state index contributed by atoms with van der Waals surface area (Å²) in [5.41, 5.74) is -2.19. The number of halogens is 6. The maximum absolute atomic E-state index is 13.7. The third-order valence-electron chi connectivity index (χ3n) is 7.07. The predicted octanol–water partition coefficient (Wildman–Crippen LogP) is 6.09. The molecule has 1 aliphatic heterocycles. The minimum Gasteiger partial charge on any atom is -0.496 e. The van der Waals surface area contributed by atoms with Crippen molar-refractivity contribution in [1.82, 2.24) is 9.80 Å². The van der Waals surface area contributed by atoms with Crippen molar-refractivity contribution in [2.75, 3.05) is 33.9 Å². The van der Waals surface area contributed by atoms with E-state index >= 15 is 0 Å². The van der Waals surface area contributed by atoms with Gasteiger partial charge in [0.25, 0.3) is 5.91 Å². The fourth-order valence-corrected chi connectivity index (χ4v) is 5.10. The van der Waals surface area contributed by atoms with Crippen LogP contribution in [0.5, 0.6) is 5.75 Å². The number of nitrogens with zero attached hydrogens (tertiary/aromatic N) is 2. The van der Waals surface area contributed by atoms with Crippen molar-refractivity contribution < 1.29 is 45.4 Å². The SMILES string of the molecule is COC(=O)c1cccc(C[C@@H]2CN(Cc3ccccc3)CCN2C(=O)c2cc(C(F)(F)F)cc(C(F)(F)F)c2)c1OC. The molecule has 0 radical (unpaired) electrons. The average molecular weight is 595 g/mol.